The van der Waals surface area contributed by atoms with Crippen molar-refractivity contribution < 1.29 is 19.2 Å². The fourth-order valence-electron chi connectivity index (χ4n) is 1.90. The number of nitro benzene ring substituents is 1. The summed E-state index contributed by atoms with van der Waals surface area (Å²) < 4.78 is 10.3. The van der Waals surface area contributed by atoms with Crippen molar-refractivity contribution in [2.24, 2.45) is 11.8 Å². The SMILES string of the molecule is COc1ccc([N+](=O)[O-])cc1COC(=O)[C@H]1C[C@@H]1C. The van der Waals surface area contributed by atoms with E-state index >= 15 is 0 Å². The van der Waals surface area contributed by atoms with Crippen molar-refractivity contribution in [3.8, 4) is 5.75 Å². The molecule has 0 spiro atoms. The molecule has 1 aliphatic carbocycles. The Morgan fingerprint density at radius 1 is 1.53 bits per heavy atom. The van der Waals surface area contributed by atoms with Gasteiger partial charge in [-0.05, 0) is 18.4 Å². The highest BCUT2D eigenvalue weighted by Gasteiger charge is 2.40. The van der Waals surface area contributed by atoms with Crippen LogP contribution in [0.4, 0.5) is 5.69 Å². The van der Waals surface area contributed by atoms with Gasteiger partial charge in [0.1, 0.15) is 12.4 Å². The lowest BCUT2D eigenvalue weighted by molar-refractivity contribution is -0.385. The van der Waals surface area contributed by atoms with Crippen LogP contribution in [0.15, 0.2) is 18.2 Å². The molecular formula is C13H15NO5. The van der Waals surface area contributed by atoms with E-state index in [0.717, 1.165) is 6.42 Å². The van der Waals surface area contributed by atoms with Crippen LogP contribution < -0.4 is 4.74 Å². The molecule has 0 heterocycles. The molecule has 0 aromatic heterocycles. The number of carbonyl (C=O) groups excluding carboxylic acids is 1. The molecule has 1 fully saturated rings. The number of methoxy groups -OCH3 is 1. The number of benzene rings is 1. The number of nitrogens with zero attached hydrogens (tertiary/aromatic N) is 1. The first-order chi connectivity index (χ1) is 9.02. The number of nitro groups is 1. The number of esters is 1. The van der Waals surface area contributed by atoms with E-state index in [-0.39, 0.29) is 24.2 Å². The van der Waals surface area contributed by atoms with Gasteiger partial charge in [0, 0.05) is 17.7 Å². The van der Waals surface area contributed by atoms with Crippen LogP contribution in [0.3, 0.4) is 0 Å². The van der Waals surface area contributed by atoms with E-state index in [1.807, 2.05) is 6.92 Å². The number of hydrogen-bond donors (Lipinski definition) is 0. The summed E-state index contributed by atoms with van der Waals surface area (Å²) in [5.41, 5.74) is 0.449. The standard InChI is InChI=1S/C13H15NO5/c1-8-5-11(8)13(15)19-7-9-6-10(14(16)17)3-4-12(9)18-2/h3-4,6,8,11H,5,7H2,1-2H3/t8-,11-/m0/s1. The smallest absolute Gasteiger partial charge is 0.309 e. The van der Waals surface area contributed by atoms with Crippen LogP contribution >= 0.6 is 0 Å². The Kier molecular flexibility index (Phi) is 3.69. The first kappa shape index (κ1) is 13.3. The van der Waals surface area contributed by atoms with Crippen molar-refractivity contribution in [1.29, 1.82) is 0 Å². The van der Waals surface area contributed by atoms with Crippen LogP contribution in [0.2, 0.25) is 0 Å². The average Bonchev–Trinajstić information content (AvgIpc) is 3.12. The summed E-state index contributed by atoms with van der Waals surface area (Å²) in [4.78, 5) is 21.8. The summed E-state index contributed by atoms with van der Waals surface area (Å²) in [5.74, 6) is 0.576. The third-order valence-corrected chi connectivity index (χ3v) is 3.26. The van der Waals surface area contributed by atoms with Crippen molar-refractivity contribution in [3.63, 3.8) is 0 Å². The highest BCUT2D eigenvalue weighted by Crippen LogP contribution is 2.39. The Bertz CT molecular complexity index is 514. The van der Waals surface area contributed by atoms with Gasteiger partial charge >= 0.3 is 5.97 Å². The second-order valence-electron chi connectivity index (χ2n) is 4.68. The van der Waals surface area contributed by atoms with Crippen molar-refractivity contribution in [2.75, 3.05) is 7.11 Å². The zero-order valence-corrected chi connectivity index (χ0v) is 10.8. The number of carbonyl (C=O) groups is 1. The molecule has 102 valence electrons. The van der Waals surface area contributed by atoms with Gasteiger partial charge in [0.2, 0.25) is 0 Å². The van der Waals surface area contributed by atoms with E-state index in [0.29, 0.717) is 17.2 Å². The zero-order valence-electron chi connectivity index (χ0n) is 10.8. The Labute approximate surface area is 110 Å². The largest absolute Gasteiger partial charge is 0.496 e. The summed E-state index contributed by atoms with van der Waals surface area (Å²) in [7, 11) is 1.47. The Morgan fingerprint density at radius 3 is 2.74 bits per heavy atom. The molecule has 1 aromatic carbocycles. The molecule has 1 saturated carbocycles. The molecule has 6 heteroatoms. The van der Waals surface area contributed by atoms with Crippen molar-refractivity contribution >= 4 is 11.7 Å². The van der Waals surface area contributed by atoms with Crippen molar-refractivity contribution in [2.45, 2.75) is 20.0 Å². The van der Waals surface area contributed by atoms with Crippen LogP contribution in [0, 0.1) is 22.0 Å². The molecule has 0 saturated heterocycles. The number of hydrogen-bond acceptors (Lipinski definition) is 5. The maximum absolute atomic E-state index is 11.6. The van der Waals surface area contributed by atoms with Gasteiger partial charge in [-0.1, -0.05) is 6.92 Å². The number of ether oxygens (including phenoxy) is 2. The molecule has 0 radical (unpaired) electrons. The first-order valence-electron chi connectivity index (χ1n) is 6.01. The maximum atomic E-state index is 11.6. The Balaban J connectivity index is 2.07. The number of rotatable bonds is 5. The van der Waals surface area contributed by atoms with E-state index in [9.17, 15) is 14.9 Å². The zero-order chi connectivity index (χ0) is 14.0. The molecule has 2 rings (SSSR count). The van der Waals surface area contributed by atoms with Crippen molar-refractivity contribution in [1.82, 2.24) is 0 Å². The van der Waals surface area contributed by atoms with Crippen molar-refractivity contribution in [3.05, 3.63) is 33.9 Å². The number of non-ortho nitro benzene ring substituents is 1. The van der Waals surface area contributed by atoms with E-state index in [2.05, 4.69) is 0 Å². The lowest BCUT2D eigenvalue weighted by atomic mass is 10.2. The van der Waals surface area contributed by atoms with Gasteiger partial charge in [-0.15, -0.1) is 0 Å². The molecule has 0 aliphatic heterocycles. The highest BCUT2D eigenvalue weighted by molar-refractivity contribution is 5.75. The summed E-state index contributed by atoms with van der Waals surface area (Å²) in [6, 6.07) is 4.22. The molecule has 0 amide bonds. The van der Waals surface area contributed by atoms with Crippen LogP contribution in [-0.4, -0.2) is 18.0 Å². The summed E-state index contributed by atoms with van der Waals surface area (Å²) in [5, 5.41) is 10.7. The maximum Gasteiger partial charge on any atom is 0.309 e. The Morgan fingerprint density at radius 2 is 2.21 bits per heavy atom. The fourth-order valence-corrected chi connectivity index (χ4v) is 1.90. The molecule has 19 heavy (non-hydrogen) atoms. The summed E-state index contributed by atoms with van der Waals surface area (Å²) >= 11 is 0. The van der Waals surface area contributed by atoms with Crippen LogP contribution in [0.1, 0.15) is 18.9 Å². The quantitative estimate of drug-likeness (QED) is 0.463. The molecule has 1 aliphatic rings. The van der Waals surface area contributed by atoms with Gasteiger partial charge < -0.3 is 9.47 Å². The minimum Gasteiger partial charge on any atom is -0.496 e. The lowest BCUT2D eigenvalue weighted by Gasteiger charge is -2.09. The third-order valence-electron chi connectivity index (χ3n) is 3.26. The normalized spacial score (nSPS) is 20.7. The van der Waals surface area contributed by atoms with Crippen LogP contribution in [-0.2, 0) is 16.1 Å². The molecule has 6 nitrogen and oxygen atoms in total. The highest BCUT2D eigenvalue weighted by atomic mass is 16.6. The molecule has 2 atom stereocenters. The Hall–Kier alpha value is -2.11. The third kappa shape index (κ3) is 3.01. The van der Waals surface area contributed by atoms with Gasteiger partial charge in [0.25, 0.3) is 5.69 Å². The van der Waals surface area contributed by atoms with Gasteiger partial charge in [-0.3, -0.25) is 14.9 Å². The minimum absolute atomic E-state index is 0.00704. The second-order valence-corrected chi connectivity index (χ2v) is 4.68. The van der Waals surface area contributed by atoms with Crippen LogP contribution in [0.5, 0.6) is 5.75 Å². The van der Waals surface area contributed by atoms with Gasteiger partial charge in [0.05, 0.1) is 18.0 Å². The van der Waals surface area contributed by atoms with E-state index in [1.54, 1.807) is 0 Å². The monoisotopic (exact) mass is 265 g/mol. The second kappa shape index (κ2) is 5.26. The average molecular weight is 265 g/mol. The van der Waals surface area contributed by atoms with Gasteiger partial charge in [-0.25, -0.2) is 0 Å². The van der Waals surface area contributed by atoms with Gasteiger partial charge in [0.15, 0.2) is 0 Å². The molecule has 0 unspecified atom stereocenters. The van der Waals surface area contributed by atoms with Crippen LogP contribution in [0.25, 0.3) is 0 Å². The molecule has 0 bridgehead atoms. The minimum atomic E-state index is -0.492. The first-order valence-corrected chi connectivity index (χ1v) is 6.01. The van der Waals surface area contributed by atoms with E-state index < -0.39 is 4.92 Å². The molecule has 1 aromatic rings. The summed E-state index contributed by atoms with van der Waals surface area (Å²) in [6.07, 6.45) is 0.852. The summed E-state index contributed by atoms with van der Waals surface area (Å²) in [6.45, 7) is 1.98. The molecular weight excluding hydrogens is 250 g/mol. The van der Waals surface area contributed by atoms with Gasteiger partial charge in [-0.2, -0.15) is 0 Å². The fraction of sp³-hybridized carbons (Fsp3) is 0.462. The topological polar surface area (TPSA) is 78.7 Å². The van der Waals surface area contributed by atoms with E-state index in [1.165, 1.54) is 25.3 Å². The van der Waals surface area contributed by atoms with E-state index in [4.69, 9.17) is 9.47 Å². The molecule has 0 N–H and O–H groups in total. The lowest BCUT2D eigenvalue weighted by Crippen LogP contribution is -2.08. The predicted molar refractivity (Wildman–Crippen MR) is 66.7 cm³/mol. The predicted octanol–water partition coefficient (Wildman–Crippen LogP) is 2.30.